The van der Waals surface area contributed by atoms with Crippen LogP contribution >= 0.6 is 24.0 Å². The van der Waals surface area contributed by atoms with Crippen molar-refractivity contribution in [2.45, 2.75) is 64.6 Å². The number of methoxy groups -OCH3 is 1. The maximum atomic E-state index is 5.42. The minimum atomic E-state index is 0. The number of nitrogens with one attached hydrogen (secondary N) is 2. The van der Waals surface area contributed by atoms with Crippen LogP contribution in [0.15, 0.2) is 23.2 Å². The molecule has 2 unspecified atom stereocenters. The Morgan fingerprint density at radius 3 is 2.78 bits per heavy atom. The predicted octanol–water partition coefficient (Wildman–Crippen LogP) is 3.34. The zero-order chi connectivity index (χ0) is 18.5. The molecule has 2 N–H and O–H groups in total. The Hall–Kier alpha value is -1.02. The zero-order valence-corrected chi connectivity index (χ0v) is 19.5. The van der Waals surface area contributed by atoms with E-state index in [0.29, 0.717) is 12.1 Å². The second kappa shape index (κ2) is 10.5. The molecule has 1 saturated carbocycles. The van der Waals surface area contributed by atoms with Crippen LogP contribution in [0.3, 0.4) is 0 Å². The van der Waals surface area contributed by atoms with Gasteiger partial charge in [-0.1, -0.05) is 12.1 Å². The molecule has 1 aliphatic carbocycles. The highest BCUT2D eigenvalue weighted by Crippen LogP contribution is 2.33. The van der Waals surface area contributed by atoms with Crippen LogP contribution in [0.5, 0.6) is 5.75 Å². The standard InChI is InChI=1S/C21H34N4O.HI/c1-5-22-21(24-18-12-16(3)25(14-18)19-8-9-19)23-11-10-17-7-6-15(2)20(13-17)26-4;/h6-7,13,16,18-19H,5,8-12,14H2,1-4H3,(H2,22,23,24);1H. The topological polar surface area (TPSA) is 48.9 Å². The minimum Gasteiger partial charge on any atom is -0.496 e. The molecule has 0 radical (unpaired) electrons. The highest BCUT2D eigenvalue weighted by molar-refractivity contribution is 14.0. The number of aliphatic imine (C=N–C) groups is 1. The van der Waals surface area contributed by atoms with E-state index in [9.17, 15) is 0 Å². The molecule has 0 amide bonds. The van der Waals surface area contributed by atoms with Crippen molar-refractivity contribution < 1.29 is 4.74 Å². The van der Waals surface area contributed by atoms with Gasteiger partial charge in [0.2, 0.25) is 0 Å². The van der Waals surface area contributed by atoms with E-state index in [4.69, 9.17) is 9.73 Å². The number of hydrogen-bond acceptors (Lipinski definition) is 3. The van der Waals surface area contributed by atoms with E-state index >= 15 is 0 Å². The third-order valence-corrected chi connectivity index (χ3v) is 5.47. The molecule has 1 aromatic carbocycles. The van der Waals surface area contributed by atoms with Crippen molar-refractivity contribution in [1.29, 1.82) is 0 Å². The van der Waals surface area contributed by atoms with Crippen molar-refractivity contribution in [2.75, 3.05) is 26.7 Å². The SMILES string of the molecule is CCNC(=NCCc1ccc(C)c(OC)c1)NC1CC(C)N(C2CC2)C1.I. The van der Waals surface area contributed by atoms with Gasteiger partial charge in [0.1, 0.15) is 5.75 Å². The quantitative estimate of drug-likeness (QED) is 0.353. The Labute approximate surface area is 181 Å². The molecule has 6 heteroatoms. The molecule has 5 nitrogen and oxygen atoms in total. The molecular weight excluding hydrogens is 451 g/mol. The summed E-state index contributed by atoms with van der Waals surface area (Å²) in [5.41, 5.74) is 2.44. The number of likely N-dealkylation sites (tertiary alicyclic amines) is 1. The average Bonchev–Trinajstić information content (AvgIpc) is 3.40. The molecule has 0 bridgehead atoms. The van der Waals surface area contributed by atoms with Crippen LogP contribution in [-0.4, -0.2) is 55.7 Å². The molecule has 152 valence electrons. The van der Waals surface area contributed by atoms with E-state index in [2.05, 4.69) is 54.5 Å². The number of guanidine groups is 1. The Kier molecular flexibility index (Phi) is 8.66. The fraction of sp³-hybridized carbons (Fsp3) is 0.667. The molecule has 2 aliphatic rings. The summed E-state index contributed by atoms with van der Waals surface area (Å²) in [5, 5.41) is 7.05. The fourth-order valence-corrected chi connectivity index (χ4v) is 3.91. The number of rotatable bonds is 7. The van der Waals surface area contributed by atoms with Crippen LogP contribution in [0.4, 0.5) is 0 Å². The lowest BCUT2D eigenvalue weighted by molar-refractivity contribution is 0.256. The van der Waals surface area contributed by atoms with Crippen molar-refractivity contribution in [2.24, 2.45) is 4.99 Å². The van der Waals surface area contributed by atoms with Crippen LogP contribution in [-0.2, 0) is 6.42 Å². The first-order chi connectivity index (χ1) is 12.6. The summed E-state index contributed by atoms with van der Waals surface area (Å²) < 4.78 is 5.42. The summed E-state index contributed by atoms with van der Waals surface area (Å²) in [7, 11) is 1.73. The van der Waals surface area contributed by atoms with Gasteiger partial charge in [-0.3, -0.25) is 9.89 Å². The third kappa shape index (κ3) is 6.24. The second-order valence-electron chi connectivity index (χ2n) is 7.67. The monoisotopic (exact) mass is 486 g/mol. The van der Waals surface area contributed by atoms with E-state index in [1.807, 2.05) is 0 Å². The molecule has 1 heterocycles. The normalized spacial score (nSPS) is 23.0. The average molecular weight is 486 g/mol. The van der Waals surface area contributed by atoms with Gasteiger partial charge in [0.05, 0.1) is 7.11 Å². The van der Waals surface area contributed by atoms with Gasteiger partial charge in [-0.25, -0.2) is 0 Å². The summed E-state index contributed by atoms with van der Waals surface area (Å²) in [6, 6.07) is 8.43. The molecule has 2 fully saturated rings. The number of benzene rings is 1. The lowest BCUT2D eigenvalue weighted by Gasteiger charge is -2.20. The molecule has 1 saturated heterocycles. The van der Waals surface area contributed by atoms with Gasteiger partial charge in [-0.05, 0) is 63.6 Å². The predicted molar refractivity (Wildman–Crippen MR) is 124 cm³/mol. The van der Waals surface area contributed by atoms with E-state index < -0.39 is 0 Å². The summed E-state index contributed by atoms with van der Waals surface area (Å²) in [4.78, 5) is 7.46. The minimum absolute atomic E-state index is 0. The third-order valence-electron chi connectivity index (χ3n) is 5.47. The molecule has 1 aromatic rings. The van der Waals surface area contributed by atoms with Crippen LogP contribution in [0, 0.1) is 6.92 Å². The lowest BCUT2D eigenvalue weighted by Crippen LogP contribution is -2.44. The summed E-state index contributed by atoms with van der Waals surface area (Å²) >= 11 is 0. The van der Waals surface area contributed by atoms with Crippen LogP contribution in [0.1, 0.15) is 44.2 Å². The van der Waals surface area contributed by atoms with Gasteiger partial charge in [0.25, 0.3) is 0 Å². The first-order valence-electron chi connectivity index (χ1n) is 10.0. The van der Waals surface area contributed by atoms with Crippen molar-refractivity contribution >= 4 is 29.9 Å². The summed E-state index contributed by atoms with van der Waals surface area (Å²) in [5.74, 6) is 1.90. The smallest absolute Gasteiger partial charge is 0.191 e. The van der Waals surface area contributed by atoms with Gasteiger partial charge in [-0.15, -0.1) is 24.0 Å². The highest BCUT2D eigenvalue weighted by Gasteiger charge is 2.38. The Morgan fingerprint density at radius 1 is 1.33 bits per heavy atom. The summed E-state index contributed by atoms with van der Waals surface area (Å²) in [6.45, 7) is 9.35. The van der Waals surface area contributed by atoms with Gasteiger partial charge in [0.15, 0.2) is 5.96 Å². The van der Waals surface area contributed by atoms with Crippen LogP contribution < -0.4 is 15.4 Å². The largest absolute Gasteiger partial charge is 0.496 e. The second-order valence-corrected chi connectivity index (χ2v) is 7.67. The van der Waals surface area contributed by atoms with E-state index in [1.54, 1.807) is 7.11 Å². The Morgan fingerprint density at radius 2 is 2.11 bits per heavy atom. The van der Waals surface area contributed by atoms with Crippen molar-refractivity contribution in [3.8, 4) is 5.75 Å². The van der Waals surface area contributed by atoms with Gasteiger partial charge >= 0.3 is 0 Å². The maximum Gasteiger partial charge on any atom is 0.191 e. The fourth-order valence-electron chi connectivity index (χ4n) is 3.91. The van der Waals surface area contributed by atoms with E-state index in [-0.39, 0.29) is 24.0 Å². The molecule has 3 rings (SSSR count). The van der Waals surface area contributed by atoms with Crippen molar-refractivity contribution in [3.63, 3.8) is 0 Å². The first kappa shape index (κ1) is 22.3. The number of aryl methyl sites for hydroxylation is 1. The van der Waals surface area contributed by atoms with Gasteiger partial charge < -0.3 is 15.4 Å². The lowest BCUT2D eigenvalue weighted by atomic mass is 10.1. The highest BCUT2D eigenvalue weighted by atomic mass is 127. The molecule has 2 atom stereocenters. The van der Waals surface area contributed by atoms with E-state index in [1.165, 1.54) is 30.4 Å². The number of halogens is 1. The van der Waals surface area contributed by atoms with Gasteiger partial charge in [-0.2, -0.15) is 0 Å². The molecule has 1 aliphatic heterocycles. The van der Waals surface area contributed by atoms with Gasteiger partial charge in [0, 0.05) is 37.8 Å². The summed E-state index contributed by atoms with van der Waals surface area (Å²) in [6.07, 6.45) is 4.88. The molecule has 0 aromatic heterocycles. The number of ether oxygens (including phenoxy) is 1. The maximum absolute atomic E-state index is 5.42. The number of nitrogens with zero attached hydrogens (tertiary/aromatic N) is 2. The molecule has 0 spiro atoms. The van der Waals surface area contributed by atoms with Crippen molar-refractivity contribution in [3.05, 3.63) is 29.3 Å². The van der Waals surface area contributed by atoms with Crippen LogP contribution in [0.2, 0.25) is 0 Å². The first-order valence-corrected chi connectivity index (χ1v) is 10.0. The Bertz CT molecular complexity index is 633. The van der Waals surface area contributed by atoms with Crippen LogP contribution in [0.25, 0.3) is 0 Å². The number of hydrogen-bond donors (Lipinski definition) is 2. The Balaban J connectivity index is 0.00000261. The van der Waals surface area contributed by atoms with Crippen molar-refractivity contribution in [1.82, 2.24) is 15.5 Å². The molecule has 27 heavy (non-hydrogen) atoms. The zero-order valence-electron chi connectivity index (χ0n) is 17.1. The molecular formula is C21H35IN4O. The van der Waals surface area contributed by atoms with E-state index in [0.717, 1.165) is 43.8 Å².